The summed E-state index contributed by atoms with van der Waals surface area (Å²) in [5, 5.41) is 18.2. The second-order valence-corrected chi connectivity index (χ2v) is 3.91. The maximum atomic E-state index is 11.2. The highest BCUT2D eigenvalue weighted by molar-refractivity contribution is 5.70. The number of nitrogens with zero attached hydrogens (tertiary/aromatic N) is 1. The van der Waals surface area contributed by atoms with Gasteiger partial charge in [0.1, 0.15) is 12.6 Å². The van der Waals surface area contributed by atoms with Crippen molar-refractivity contribution in [3.05, 3.63) is 0 Å². The van der Waals surface area contributed by atoms with Gasteiger partial charge in [0.15, 0.2) is 6.54 Å². The van der Waals surface area contributed by atoms with Crippen molar-refractivity contribution < 1.29 is 24.2 Å². The minimum Gasteiger partial charge on any atom is -0.465 e. The molecule has 0 radical (unpaired) electrons. The number of rotatable bonds is 7. The molecule has 0 rings (SSSR count). The van der Waals surface area contributed by atoms with E-state index >= 15 is 0 Å². The fraction of sp³-hybridized carbons (Fsp3) is 0.900. The highest BCUT2D eigenvalue weighted by Crippen LogP contribution is 2.13. The van der Waals surface area contributed by atoms with Crippen LogP contribution in [0.25, 0.3) is 0 Å². The molecular weight excluding hydrogens is 198 g/mol. The highest BCUT2D eigenvalue weighted by atomic mass is 16.5. The highest BCUT2D eigenvalue weighted by Gasteiger charge is 2.33. The first kappa shape index (κ1) is 14.3. The van der Waals surface area contributed by atoms with Crippen molar-refractivity contribution in [1.82, 2.24) is 0 Å². The lowest BCUT2D eigenvalue weighted by atomic mass is 10.1. The van der Waals surface area contributed by atoms with Crippen LogP contribution in [0, 0.1) is 0 Å². The molecule has 0 heterocycles. The smallest absolute Gasteiger partial charge is 0.361 e. The molecule has 15 heavy (non-hydrogen) atoms. The van der Waals surface area contributed by atoms with E-state index in [9.17, 15) is 9.90 Å². The maximum absolute atomic E-state index is 11.2. The van der Waals surface area contributed by atoms with Crippen LogP contribution in [-0.4, -0.2) is 67.2 Å². The summed E-state index contributed by atoms with van der Waals surface area (Å²) in [4.78, 5) is 11.2. The Morgan fingerprint density at radius 2 is 2.07 bits per heavy atom. The number of quaternary nitrogens is 1. The summed E-state index contributed by atoms with van der Waals surface area (Å²) >= 11 is 0. The van der Waals surface area contributed by atoms with Crippen LogP contribution in [0.15, 0.2) is 0 Å². The topological polar surface area (TPSA) is 66.8 Å². The Morgan fingerprint density at radius 3 is 2.40 bits per heavy atom. The van der Waals surface area contributed by atoms with Gasteiger partial charge in [0.05, 0.1) is 27.4 Å². The number of likely N-dealkylation sites (N-methyl/N-ethyl adjacent to an activating group) is 1. The van der Waals surface area contributed by atoms with Gasteiger partial charge in [0.2, 0.25) is 0 Å². The van der Waals surface area contributed by atoms with E-state index < -0.39 is 0 Å². The summed E-state index contributed by atoms with van der Waals surface area (Å²) in [5.74, 6) is -0.321. The normalized spacial score (nSPS) is 16.9. The van der Waals surface area contributed by atoms with E-state index in [0.717, 1.165) is 6.42 Å². The van der Waals surface area contributed by atoms with E-state index in [-0.39, 0.29) is 31.8 Å². The largest absolute Gasteiger partial charge is 0.465 e. The lowest BCUT2D eigenvalue weighted by Crippen LogP contribution is -2.57. The monoisotopic (exact) mass is 220 g/mol. The van der Waals surface area contributed by atoms with Crippen molar-refractivity contribution in [3.63, 3.8) is 0 Å². The molecule has 0 saturated carbocycles. The molecule has 0 aliphatic rings. The molecule has 2 unspecified atom stereocenters. The summed E-state index contributed by atoms with van der Waals surface area (Å²) < 4.78 is 4.93. The van der Waals surface area contributed by atoms with Crippen LogP contribution < -0.4 is 0 Å². The third-order valence-electron chi connectivity index (χ3n) is 2.89. The van der Waals surface area contributed by atoms with Crippen molar-refractivity contribution in [2.24, 2.45) is 0 Å². The summed E-state index contributed by atoms with van der Waals surface area (Å²) in [7, 11) is 3.18. The summed E-state index contributed by atoms with van der Waals surface area (Å²) in [6.45, 7) is 2.56. The predicted molar refractivity (Wildman–Crippen MR) is 56.2 cm³/mol. The number of hydrogen-bond donors (Lipinski definition) is 2. The molecule has 0 amide bonds. The number of carbonyl (C=O) groups is 1. The Bertz CT molecular complexity index is 194. The molecule has 0 fully saturated rings. The molecule has 2 atom stereocenters. The molecule has 0 aromatic carbocycles. The van der Waals surface area contributed by atoms with Crippen molar-refractivity contribution in [1.29, 1.82) is 0 Å². The van der Waals surface area contributed by atoms with Gasteiger partial charge in [0, 0.05) is 0 Å². The van der Waals surface area contributed by atoms with Gasteiger partial charge < -0.3 is 19.4 Å². The Balaban J connectivity index is 4.62. The summed E-state index contributed by atoms with van der Waals surface area (Å²) in [6, 6.07) is -0.0451. The average molecular weight is 220 g/mol. The van der Waals surface area contributed by atoms with Crippen LogP contribution in [0.1, 0.15) is 13.3 Å². The lowest BCUT2D eigenvalue weighted by molar-refractivity contribution is -0.927. The zero-order valence-corrected chi connectivity index (χ0v) is 9.77. The number of aliphatic hydroxyl groups excluding tert-OH is 2. The number of hydrogen-bond acceptors (Lipinski definition) is 4. The predicted octanol–water partition coefficient (Wildman–Crippen LogP) is -0.631. The van der Waals surface area contributed by atoms with Crippen molar-refractivity contribution in [2.75, 3.05) is 40.5 Å². The number of aliphatic hydroxyl groups is 2. The first-order valence-electron chi connectivity index (χ1n) is 5.16. The lowest BCUT2D eigenvalue weighted by Gasteiger charge is -2.39. The van der Waals surface area contributed by atoms with E-state index in [2.05, 4.69) is 4.74 Å². The van der Waals surface area contributed by atoms with Gasteiger partial charge >= 0.3 is 5.97 Å². The van der Waals surface area contributed by atoms with Gasteiger partial charge in [-0.1, -0.05) is 6.92 Å². The second kappa shape index (κ2) is 6.76. The molecule has 0 bridgehead atoms. The molecule has 0 aromatic heterocycles. The Labute approximate surface area is 90.9 Å². The van der Waals surface area contributed by atoms with Crippen LogP contribution in [-0.2, 0) is 9.53 Å². The minimum atomic E-state index is -0.321. The fourth-order valence-electron chi connectivity index (χ4n) is 1.75. The van der Waals surface area contributed by atoms with E-state index in [1.54, 1.807) is 0 Å². The summed E-state index contributed by atoms with van der Waals surface area (Å²) in [6.07, 6.45) is 0.754. The van der Waals surface area contributed by atoms with Gasteiger partial charge in [0.25, 0.3) is 0 Å². The van der Waals surface area contributed by atoms with Gasteiger partial charge in [-0.3, -0.25) is 0 Å². The Morgan fingerprint density at radius 1 is 1.47 bits per heavy atom. The van der Waals surface area contributed by atoms with Gasteiger partial charge in [-0.15, -0.1) is 0 Å². The minimum absolute atomic E-state index is 0.00396. The molecular formula is C10H22NO4+. The van der Waals surface area contributed by atoms with E-state index in [1.807, 2.05) is 14.0 Å². The van der Waals surface area contributed by atoms with Crippen LogP contribution in [0.2, 0.25) is 0 Å². The zero-order chi connectivity index (χ0) is 11.9. The quantitative estimate of drug-likeness (QED) is 0.443. The Kier molecular flexibility index (Phi) is 6.47. The molecule has 5 nitrogen and oxygen atoms in total. The fourth-order valence-corrected chi connectivity index (χ4v) is 1.75. The van der Waals surface area contributed by atoms with E-state index in [1.165, 1.54) is 7.11 Å². The molecule has 2 N–H and O–H groups in total. The third-order valence-corrected chi connectivity index (χ3v) is 2.89. The van der Waals surface area contributed by atoms with E-state index in [4.69, 9.17) is 5.11 Å². The van der Waals surface area contributed by atoms with Crippen molar-refractivity contribution in [2.45, 2.75) is 19.4 Å². The Hall–Kier alpha value is -0.650. The molecule has 0 aliphatic carbocycles. The second-order valence-electron chi connectivity index (χ2n) is 3.91. The standard InChI is InChI=1S/C10H22NO4/c1-4-9(8-13)11(2,5-6-12)7-10(14)15-3/h9,12-13H,4-8H2,1-3H3/q+1. The number of methoxy groups -OCH3 is 1. The summed E-state index contributed by atoms with van der Waals surface area (Å²) in [5.41, 5.74) is 0. The first-order valence-corrected chi connectivity index (χ1v) is 5.16. The van der Waals surface area contributed by atoms with Gasteiger partial charge in [-0.2, -0.15) is 0 Å². The number of esters is 1. The maximum Gasteiger partial charge on any atom is 0.361 e. The van der Waals surface area contributed by atoms with Gasteiger partial charge in [-0.05, 0) is 6.42 Å². The average Bonchev–Trinajstić information content (AvgIpc) is 2.19. The SMILES string of the molecule is CCC(CO)[N+](C)(CCO)CC(=O)OC. The molecule has 0 aliphatic heterocycles. The molecule has 5 heteroatoms. The molecule has 0 aromatic rings. The van der Waals surface area contributed by atoms with Crippen molar-refractivity contribution in [3.8, 4) is 0 Å². The first-order chi connectivity index (χ1) is 7.03. The number of ether oxygens (including phenoxy) is 1. The van der Waals surface area contributed by atoms with E-state index in [0.29, 0.717) is 11.0 Å². The molecule has 90 valence electrons. The van der Waals surface area contributed by atoms with Crippen LogP contribution in [0.5, 0.6) is 0 Å². The molecule has 0 saturated heterocycles. The van der Waals surface area contributed by atoms with Crippen LogP contribution >= 0.6 is 0 Å². The molecule has 0 spiro atoms. The van der Waals surface area contributed by atoms with Crippen LogP contribution in [0.3, 0.4) is 0 Å². The zero-order valence-electron chi connectivity index (χ0n) is 9.77. The van der Waals surface area contributed by atoms with Crippen LogP contribution in [0.4, 0.5) is 0 Å². The third kappa shape index (κ3) is 4.15. The van der Waals surface area contributed by atoms with Crippen molar-refractivity contribution >= 4 is 5.97 Å². The number of carbonyl (C=O) groups excluding carboxylic acids is 1. The van der Waals surface area contributed by atoms with Gasteiger partial charge in [-0.25, -0.2) is 4.79 Å².